The molecule has 0 saturated heterocycles. The minimum atomic E-state index is 0.254. The van der Waals surface area contributed by atoms with E-state index in [-0.39, 0.29) is 6.01 Å². The monoisotopic (exact) mass is 366 g/mol. The number of nitrogens with one attached hydrogen (secondary N) is 2. The lowest BCUT2D eigenvalue weighted by molar-refractivity contribution is 0.324. The van der Waals surface area contributed by atoms with Crippen molar-refractivity contribution in [1.29, 1.82) is 0 Å². The van der Waals surface area contributed by atoms with Gasteiger partial charge in [0, 0.05) is 29.2 Å². The first-order chi connectivity index (χ1) is 13.2. The van der Waals surface area contributed by atoms with E-state index in [4.69, 9.17) is 18.6 Å². The Bertz CT molecular complexity index is 1060. The van der Waals surface area contributed by atoms with Gasteiger partial charge in [-0.3, -0.25) is 0 Å². The van der Waals surface area contributed by atoms with Gasteiger partial charge < -0.3 is 28.9 Å². The average Bonchev–Trinajstić information content (AvgIpc) is 3.33. The summed E-state index contributed by atoms with van der Waals surface area (Å²) < 4.78 is 21.8. The Labute approximate surface area is 155 Å². The molecule has 0 radical (unpaired) electrons. The van der Waals surface area contributed by atoms with E-state index < -0.39 is 0 Å². The lowest BCUT2D eigenvalue weighted by Crippen LogP contribution is -1.98. The van der Waals surface area contributed by atoms with Crippen molar-refractivity contribution in [3.8, 4) is 28.7 Å². The van der Waals surface area contributed by atoms with E-state index in [1.54, 1.807) is 33.5 Å². The summed E-state index contributed by atoms with van der Waals surface area (Å²) in [6.07, 6.45) is 1.85. The zero-order chi connectivity index (χ0) is 18.8. The number of para-hydroxylation sites is 1. The maximum atomic E-state index is 5.78. The van der Waals surface area contributed by atoms with Gasteiger partial charge in [-0.15, -0.1) is 5.10 Å². The summed E-state index contributed by atoms with van der Waals surface area (Å²) in [6.45, 7) is 0. The Hall–Kier alpha value is -3.68. The van der Waals surface area contributed by atoms with Gasteiger partial charge in [0.05, 0.1) is 32.6 Å². The number of benzene rings is 2. The first kappa shape index (κ1) is 16.8. The number of hydrogen-bond acceptors (Lipinski definition) is 7. The number of hydrogen-bond donors (Lipinski definition) is 2. The maximum absolute atomic E-state index is 5.78. The van der Waals surface area contributed by atoms with E-state index in [1.807, 2.05) is 30.5 Å². The Kier molecular flexibility index (Phi) is 4.29. The third-order valence-electron chi connectivity index (χ3n) is 4.16. The third kappa shape index (κ3) is 3.01. The van der Waals surface area contributed by atoms with E-state index in [9.17, 15) is 0 Å². The molecule has 0 bridgehead atoms. The van der Waals surface area contributed by atoms with Gasteiger partial charge >= 0.3 is 6.01 Å². The Morgan fingerprint density at radius 3 is 2.41 bits per heavy atom. The van der Waals surface area contributed by atoms with Crippen LogP contribution in [0.25, 0.3) is 22.4 Å². The molecule has 0 spiro atoms. The van der Waals surface area contributed by atoms with Crippen LogP contribution in [0.5, 0.6) is 17.2 Å². The van der Waals surface area contributed by atoms with Gasteiger partial charge in [-0.1, -0.05) is 23.3 Å². The van der Waals surface area contributed by atoms with Crippen LogP contribution in [0.1, 0.15) is 0 Å². The van der Waals surface area contributed by atoms with Crippen molar-refractivity contribution in [1.82, 2.24) is 15.2 Å². The van der Waals surface area contributed by atoms with E-state index in [1.165, 1.54) is 0 Å². The largest absolute Gasteiger partial charge is 0.493 e. The molecule has 0 saturated carbocycles. The van der Waals surface area contributed by atoms with E-state index in [0.717, 1.165) is 16.5 Å². The van der Waals surface area contributed by atoms with Crippen LogP contribution >= 0.6 is 0 Å². The zero-order valence-corrected chi connectivity index (χ0v) is 15.1. The second kappa shape index (κ2) is 6.91. The summed E-state index contributed by atoms with van der Waals surface area (Å²) in [7, 11) is 4.67. The molecular weight excluding hydrogens is 348 g/mol. The van der Waals surface area contributed by atoms with Gasteiger partial charge in [-0.05, 0) is 6.07 Å². The first-order valence-corrected chi connectivity index (χ1v) is 8.20. The number of rotatable bonds is 6. The number of ether oxygens (including phenoxy) is 3. The van der Waals surface area contributed by atoms with E-state index in [0.29, 0.717) is 28.8 Å². The molecular formula is C19H18N4O4. The summed E-state index contributed by atoms with van der Waals surface area (Å²) >= 11 is 0. The minimum absolute atomic E-state index is 0.254. The second-order valence-electron chi connectivity index (χ2n) is 5.70. The molecule has 2 aromatic carbocycles. The van der Waals surface area contributed by atoms with Crippen LogP contribution in [-0.2, 0) is 0 Å². The maximum Gasteiger partial charge on any atom is 0.320 e. The van der Waals surface area contributed by atoms with Crippen molar-refractivity contribution in [2.75, 3.05) is 26.6 Å². The van der Waals surface area contributed by atoms with Crippen LogP contribution in [0.2, 0.25) is 0 Å². The molecule has 8 heteroatoms. The number of anilines is 2. The second-order valence-corrected chi connectivity index (χ2v) is 5.70. The SMILES string of the molecule is COc1cc(Nc2nnc(-c3c[nH]c4ccccc34)o2)cc(OC)c1OC. The van der Waals surface area contributed by atoms with Crippen molar-refractivity contribution < 1.29 is 18.6 Å². The van der Waals surface area contributed by atoms with Crippen molar-refractivity contribution in [2.24, 2.45) is 0 Å². The van der Waals surface area contributed by atoms with Gasteiger partial charge in [0.15, 0.2) is 11.5 Å². The lowest BCUT2D eigenvalue weighted by Gasteiger charge is -2.13. The summed E-state index contributed by atoms with van der Waals surface area (Å²) in [5.74, 6) is 1.98. The highest BCUT2D eigenvalue weighted by Crippen LogP contribution is 2.40. The molecule has 4 rings (SSSR count). The molecule has 2 heterocycles. The number of aromatic amines is 1. The number of fused-ring (bicyclic) bond motifs is 1. The summed E-state index contributed by atoms with van der Waals surface area (Å²) in [5.41, 5.74) is 2.51. The first-order valence-electron chi connectivity index (χ1n) is 8.20. The molecule has 138 valence electrons. The summed E-state index contributed by atoms with van der Waals surface area (Å²) in [4.78, 5) is 3.19. The van der Waals surface area contributed by atoms with Crippen molar-refractivity contribution in [3.05, 3.63) is 42.6 Å². The van der Waals surface area contributed by atoms with Gasteiger partial charge in [-0.25, -0.2) is 0 Å². The van der Waals surface area contributed by atoms with Crippen LogP contribution in [0.15, 0.2) is 47.0 Å². The third-order valence-corrected chi connectivity index (χ3v) is 4.16. The number of aromatic nitrogens is 3. The molecule has 0 unspecified atom stereocenters. The van der Waals surface area contributed by atoms with Gasteiger partial charge in [0.2, 0.25) is 5.75 Å². The minimum Gasteiger partial charge on any atom is -0.493 e. The zero-order valence-electron chi connectivity index (χ0n) is 15.1. The van der Waals surface area contributed by atoms with Crippen molar-refractivity contribution in [3.63, 3.8) is 0 Å². The standard InChI is InChI=1S/C19H18N4O4/c1-24-15-8-11(9-16(25-2)17(15)26-3)21-19-23-22-18(27-19)13-10-20-14-7-5-4-6-12(13)14/h4-10,20H,1-3H3,(H,21,23). The van der Waals surface area contributed by atoms with Crippen LogP contribution in [0.3, 0.4) is 0 Å². The lowest BCUT2D eigenvalue weighted by atomic mass is 10.2. The normalized spacial score (nSPS) is 10.8. The average molecular weight is 366 g/mol. The molecule has 0 aliphatic carbocycles. The van der Waals surface area contributed by atoms with Crippen molar-refractivity contribution >= 4 is 22.6 Å². The van der Waals surface area contributed by atoms with E-state index >= 15 is 0 Å². The number of methoxy groups -OCH3 is 3. The molecule has 27 heavy (non-hydrogen) atoms. The van der Waals surface area contributed by atoms with Gasteiger partial charge in [-0.2, -0.15) is 0 Å². The Morgan fingerprint density at radius 2 is 1.70 bits per heavy atom. The molecule has 0 fully saturated rings. The fourth-order valence-electron chi connectivity index (χ4n) is 2.91. The topological polar surface area (TPSA) is 94.4 Å². The van der Waals surface area contributed by atoms with Crippen LogP contribution in [0, 0.1) is 0 Å². The fourth-order valence-corrected chi connectivity index (χ4v) is 2.91. The van der Waals surface area contributed by atoms with Gasteiger partial charge in [0.25, 0.3) is 5.89 Å². The molecule has 2 aromatic heterocycles. The Morgan fingerprint density at radius 1 is 0.963 bits per heavy atom. The molecule has 8 nitrogen and oxygen atoms in total. The van der Waals surface area contributed by atoms with E-state index in [2.05, 4.69) is 20.5 Å². The molecule has 0 aliphatic heterocycles. The molecule has 4 aromatic rings. The predicted octanol–water partition coefficient (Wildman–Crippen LogP) is 3.99. The molecule has 0 atom stereocenters. The Balaban J connectivity index is 1.65. The quantitative estimate of drug-likeness (QED) is 0.533. The van der Waals surface area contributed by atoms with Crippen molar-refractivity contribution in [2.45, 2.75) is 0 Å². The summed E-state index contributed by atoms with van der Waals surface area (Å²) in [5, 5.41) is 12.3. The molecule has 2 N–H and O–H groups in total. The highest BCUT2D eigenvalue weighted by molar-refractivity contribution is 5.93. The summed E-state index contributed by atoms with van der Waals surface area (Å²) in [6, 6.07) is 11.7. The number of H-pyrrole nitrogens is 1. The number of nitrogens with zero attached hydrogens (tertiary/aromatic N) is 2. The van der Waals surface area contributed by atoms with Crippen LogP contribution in [-0.4, -0.2) is 36.5 Å². The molecule has 0 aliphatic rings. The van der Waals surface area contributed by atoms with Gasteiger partial charge in [0.1, 0.15) is 0 Å². The van der Waals surface area contributed by atoms with Crippen LogP contribution < -0.4 is 19.5 Å². The highest BCUT2D eigenvalue weighted by atomic mass is 16.5. The highest BCUT2D eigenvalue weighted by Gasteiger charge is 2.16. The fraction of sp³-hybridized carbons (Fsp3) is 0.158. The predicted molar refractivity (Wildman–Crippen MR) is 101 cm³/mol. The molecule has 0 amide bonds. The smallest absolute Gasteiger partial charge is 0.320 e. The van der Waals surface area contributed by atoms with Crippen LogP contribution in [0.4, 0.5) is 11.7 Å².